The molecule has 0 heterocycles. The summed E-state index contributed by atoms with van der Waals surface area (Å²) in [6.07, 6.45) is -4.06. The van der Waals surface area contributed by atoms with E-state index < -0.39 is 12.6 Å². The van der Waals surface area contributed by atoms with Crippen LogP contribution < -0.4 is 10.6 Å². The predicted molar refractivity (Wildman–Crippen MR) is 50.3 cm³/mol. The number of aliphatic imine (C=N–C) groups is 1. The molecule has 0 aliphatic heterocycles. The molecule has 3 nitrogen and oxygen atoms in total. The molecule has 0 rings (SSSR count). The van der Waals surface area contributed by atoms with Gasteiger partial charge < -0.3 is 10.6 Å². The lowest BCUT2D eigenvalue weighted by molar-refractivity contribution is -0.132. The fourth-order valence-corrected chi connectivity index (χ4v) is 0.787. The number of rotatable bonds is 4. The number of hydrogen-bond donors (Lipinski definition) is 2. The van der Waals surface area contributed by atoms with E-state index in [2.05, 4.69) is 15.6 Å². The van der Waals surface area contributed by atoms with E-state index in [-0.39, 0.29) is 6.54 Å². The molecule has 0 aliphatic carbocycles. The fraction of sp³-hybridized carbons (Fsp3) is 0.875. The lowest BCUT2D eigenvalue weighted by atomic mass is 10.4. The van der Waals surface area contributed by atoms with Gasteiger partial charge in [0.25, 0.3) is 0 Å². The first-order valence-corrected chi connectivity index (χ1v) is 4.51. The van der Waals surface area contributed by atoms with E-state index in [0.29, 0.717) is 12.5 Å². The van der Waals surface area contributed by atoms with Crippen LogP contribution in [0.15, 0.2) is 4.99 Å². The molecule has 0 unspecified atom stereocenters. The number of nitrogens with zero attached hydrogens (tertiary/aromatic N) is 1. The van der Waals surface area contributed by atoms with Gasteiger partial charge in [0.05, 0.1) is 6.42 Å². The minimum Gasteiger partial charge on any atom is -0.356 e. The first-order chi connectivity index (χ1) is 6.49. The topological polar surface area (TPSA) is 36.4 Å². The van der Waals surface area contributed by atoms with Crippen molar-refractivity contribution in [3.8, 4) is 0 Å². The minimum absolute atomic E-state index is 0.146. The Morgan fingerprint density at radius 3 is 2.21 bits per heavy atom. The summed E-state index contributed by atoms with van der Waals surface area (Å²) in [6.45, 7) is 2.52. The Morgan fingerprint density at radius 1 is 1.21 bits per heavy atom. The van der Waals surface area contributed by atoms with E-state index in [0.717, 1.165) is 6.42 Å². The number of alkyl halides is 3. The molecule has 0 atom stereocenters. The maximum Gasteiger partial charge on any atom is 0.390 e. The molecule has 0 amide bonds. The van der Waals surface area contributed by atoms with Gasteiger partial charge in [0.15, 0.2) is 5.96 Å². The summed E-state index contributed by atoms with van der Waals surface area (Å²) in [7, 11) is 1.53. The van der Waals surface area contributed by atoms with E-state index in [4.69, 9.17) is 0 Å². The van der Waals surface area contributed by atoms with Gasteiger partial charge in [-0.05, 0) is 6.42 Å². The van der Waals surface area contributed by atoms with Crippen molar-refractivity contribution in [1.29, 1.82) is 0 Å². The molecule has 14 heavy (non-hydrogen) atoms. The Labute approximate surface area is 81.8 Å². The van der Waals surface area contributed by atoms with Gasteiger partial charge in [0.2, 0.25) is 0 Å². The average Bonchev–Trinajstić information content (AvgIpc) is 2.09. The van der Waals surface area contributed by atoms with Crippen LogP contribution in [0.25, 0.3) is 0 Å². The molecular weight excluding hydrogens is 195 g/mol. The van der Waals surface area contributed by atoms with Crippen LogP contribution in [0.1, 0.15) is 19.8 Å². The second kappa shape index (κ2) is 6.50. The molecule has 0 aromatic rings. The van der Waals surface area contributed by atoms with Gasteiger partial charge in [-0.2, -0.15) is 13.2 Å². The lowest BCUT2D eigenvalue weighted by Gasteiger charge is -2.11. The van der Waals surface area contributed by atoms with E-state index in [1.807, 2.05) is 6.92 Å². The van der Waals surface area contributed by atoms with Gasteiger partial charge in [-0.1, -0.05) is 6.92 Å². The number of nitrogens with one attached hydrogen (secondary N) is 2. The smallest absolute Gasteiger partial charge is 0.356 e. The third-order valence-corrected chi connectivity index (χ3v) is 1.47. The van der Waals surface area contributed by atoms with Crippen LogP contribution in [-0.2, 0) is 0 Å². The Morgan fingerprint density at radius 2 is 1.79 bits per heavy atom. The maximum absolute atomic E-state index is 11.8. The molecule has 2 N–H and O–H groups in total. The maximum atomic E-state index is 11.8. The largest absolute Gasteiger partial charge is 0.390 e. The van der Waals surface area contributed by atoms with Crippen LogP contribution in [-0.4, -0.2) is 32.3 Å². The molecule has 0 aliphatic rings. The summed E-state index contributed by atoms with van der Waals surface area (Å²) in [4.78, 5) is 3.77. The molecule has 0 spiro atoms. The molecule has 0 fully saturated rings. The van der Waals surface area contributed by atoms with Gasteiger partial charge in [0.1, 0.15) is 0 Å². The van der Waals surface area contributed by atoms with E-state index >= 15 is 0 Å². The molecule has 0 bridgehead atoms. The van der Waals surface area contributed by atoms with Gasteiger partial charge >= 0.3 is 6.18 Å². The molecule has 0 aromatic carbocycles. The zero-order chi connectivity index (χ0) is 11.0. The van der Waals surface area contributed by atoms with Crippen molar-refractivity contribution in [1.82, 2.24) is 10.6 Å². The average molecular weight is 211 g/mol. The summed E-state index contributed by atoms with van der Waals surface area (Å²) in [6, 6.07) is 0. The zero-order valence-corrected chi connectivity index (χ0v) is 8.41. The molecule has 84 valence electrons. The summed E-state index contributed by atoms with van der Waals surface area (Å²) in [5.74, 6) is 0.413. The number of hydrogen-bond acceptors (Lipinski definition) is 1. The van der Waals surface area contributed by atoms with Crippen molar-refractivity contribution in [2.24, 2.45) is 4.99 Å². The third-order valence-electron chi connectivity index (χ3n) is 1.47. The number of guanidine groups is 1. The highest BCUT2D eigenvalue weighted by molar-refractivity contribution is 5.79. The first kappa shape index (κ1) is 13.1. The van der Waals surface area contributed by atoms with Gasteiger partial charge in [-0.25, -0.2) is 0 Å². The summed E-state index contributed by atoms with van der Waals surface area (Å²) in [5.41, 5.74) is 0. The van der Waals surface area contributed by atoms with E-state index in [1.54, 1.807) is 0 Å². The molecule has 0 saturated carbocycles. The van der Waals surface area contributed by atoms with Crippen LogP contribution >= 0.6 is 0 Å². The molecular formula is C8H16F3N3. The van der Waals surface area contributed by atoms with Crippen molar-refractivity contribution < 1.29 is 13.2 Å². The highest BCUT2D eigenvalue weighted by Crippen LogP contribution is 2.17. The SMILES string of the molecule is CCCNC(=NC)NCCC(F)(F)F. The Bertz CT molecular complexity index is 177. The van der Waals surface area contributed by atoms with Gasteiger partial charge in [0, 0.05) is 20.1 Å². The van der Waals surface area contributed by atoms with Crippen molar-refractivity contribution in [2.75, 3.05) is 20.1 Å². The van der Waals surface area contributed by atoms with Gasteiger partial charge in [-0.15, -0.1) is 0 Å². The highest BCUT2D eigenvalue weighted by Gasteiger charge is 2.26. The van der Waals surface area contributed by atoms with Crippen LogP contribution in [0, 0.1) is 0 Å². The van der Waals surface area contributed by atoms with Crippen LogP contribution in [0.3, 0.4) is 0 Å². The highest BCUT2D eigenvalue weighted by atomic mass is 19.4. The third kappa shape index (κ3) is 7.70. The first-order valence-electron chi connectivity index (χ1n) is 4.51. The lowest BCUT2D eigenvalue weighted by Crippen LogP contribution is -2.39. The fourth-order valence-electron chi connectivity index (χ4n) is 0.787. The van der Waals surface area contributed by atoms with Crippen molar-refractivity contribution in [3.63, 3.8) is 0 Å². The van der Waals surface area contributed by atoms with E-state index in [9.17, 15) is 13.2 Å². The van der Waals surface area contributed by atoms with Crippen molar-refractivity contribution in [3.05, 3.63) is 0 Å². The van der Waals surface area contributed by atoms with Crippen LogP contribution in [0.4, 0.5) is 13.2 Å². The standard InChI is InChI=1S/C8H16F3N3/c1-3-5-13-7(12-2)14-6-4-8(9,10)11/h3-6H2,1-2H3,(H2,12,13,14). The van der Waals surface area contributed by atoms with Crippen molar-refractivity contribution in [2.45, 2.75) is 25.9 Å². The van der Waals surface area contributed by atoms with E-state index in [1.165, 1.54) is 7.05 Å². The molecule has 0 saturated heterocycles. The Hall–Kier alpha value is -0.940. The Balaban J connectivity index is 3.64. The normalized spacial score (nSPS) is 12.8. The monoisotopic (exact) mass is 211 g/mol. The summed E-state index contributed by atoms with van der Waals surface area (Å²) < 4.78 is 35.3. The molecule has 0 aromatic heterocycles. The molecule has 0 radical (unpaired) electrons. The summed E-state index contributed by atoms with van der Waals surface area (Å²) >= 11 is 0. The predicted octanol–water partition coefficient (Wildman–Crippen LogP) is 1.51. The minimum atomic E-state index is -4.11. The quantitative estimate of drug-likeness (QED) is 0.546. The number of halogens is 3. The van der Waals surface area contributed by atoms with Crippen LogP contribution in [0.2, 0.25) is 0 Å². The summed E-state index contributed by atoms with van der Waals surface area (Å²) in [5, 5.41) is 5.46. The van der Waals surface area contributed by atoms with Crippen LogP contribution in [0.5, 0.6) is 0 Å². The van der Waals surface area contributed by atoms with Gasteiger partial charge in [-0.3, -0.25) is 4.99 Å². The van der Waals surface area contributed by atoms with Crippen molar-refractivity contribution >= 4 is 5.96 Å². The second-order valence-corrected chi connectivity index (χ2v) is 2.79. The molecule has 6 heteroatoms. The zero-order valence-electron chi connectivity index (χ0n) is 8.41. The second-order valence-electron chi connectivity index (χ2n) is 2.79. The Kier molecular flexibility index (Phi) is 6.07.